The highest BCUT2D eigenvalue weighted by Gasteiger charge is 2.18. The number of esters is 1. The monoisotopic (exact) mass is 430 g/mol. The lowest BCUT2D eigenvalue weighted by Crippen LogP contribution is -2.34. The summed E-state index contributed by atoms with van der Waals surface area (Å²) < 4.78 is 5.80. The molecule has 0 saturated carbocycles. The van der Waals surface area contributed by atoms with E-state index < -0.39 is 24.4 Å². The first-order valence-electron chi connectivity index (χ1n) is 8.91. The van der Waals surface area contributed by atoms with Crippen LogP contribution >= 0.6 is 22.9 Å². The molecule has 2 amide bonds. The Morgan fingerprint density at radius 2 is 1.76 bits per heavy atom. The Labute approximate surface area is 176 Å². The van der Waals surface area contributed by atoms with Crippen molar-refractivity contribution >= 4 is 50.8 Å². The van der Waals surface area contributed by atoms with E-state index in [1.165, 1.54) is 11.3 Å². The first-order valence-corrected chi connectivity index (χ1v) is 10.1. The first-order chi connectivity index (χ1) is 14.0. The Morgan fingerprint density at radius 1 is 1.07 bits per heavy atom. The Hall–Kier alpha value is -2.90. The van der Waals surface area contributed by atoms with E-state index in [-0.39, 0.29) is 12.6 Å². The van der Waals surface area contributed by atoms with Gasteiger partial charge >= 0.3 is 5.97 Å². The van der Waals surface area contributed by atoms with Crippen molar-refractivity contribution < 1.29 is 19.1 Å². The fourth-order valence-electron chi connectivity index (χ4n) is 2.70. The van der Waals surface area contributed by atoms with E-state index in [0.717, 1.165) is 15.6 Å². The molecule has 3 aromatic rings. The molecular formula is C21H19ClN2O4S. The molecule has 0 bridgehead atoms. The molecule has 0 aliphatic carbocycles. The van der Waals surface area contributed by atoms with Gasteiger partial charge in [-0.25, -0.2) is 0 Å². The summed E-state index contributed by atoms with van der Waals surface area (Å²) in [6.07, 6.45) is 0. The van der Waals surface area contributed by atoms with Gasteiger partial charge in [0.25, 0.3) is 11.8 Å². The van der Waals surface area contributed by atoms with E-state index in [0.29, 0.717) is 9.90 Å². The number of thiophene rings is 1. The largest absolute Gasteiger partial charge is 0.454 e. The topological polar surface area (TPSA) is 84.5 Å². The summed E-state index contributed by atoms with van der Waals surface area (Å²) >= 11 is 7.50. The standard InChI is InChI=1S/C21H19ClN2O4S/c1-13(14-7-3-2-4-8-14)24-17(25)12-28-18(26)11-23-21(27)20-19(22)15-9-5-6-10-16(15)29-20/h2-10,13H,11-12H2,1H3,(H,23,27)(H,24,25). The van der Waals surface area contributed by atoms with E-state index in [1.54, 1.807) is 0 Å². The number of benzene rings is 2. The number of halogens is 1. The molecule has 29 heavy (non-hydrogen) atoms. The average molecular weight is 431 g/mol. The second-order valence-corrected chi connectivity index (χ2v) is 7.71. The van der Waals surface area contributed by atoms with Crippen LogP contribution in [0.5, 0.6) is 0 Å². The van der Waals surface area contributed by atoms with E-state index in [2.05, 4.69) is 10.6 Å². The zero-order valence-corrected chi connectivity index (χ0v) is 17.2. The second-order valence-electron chi connectivity index (χ2n) is 6.28. The number of amides is 2. The lowest BCUT2D eigenvalue weighted by Gasteiger charge is -2.14. The van der Waals surface area contributed by atoms with Crippen molar-refractivity contribution in [2.75, 3.05) is 13.2 Å². The number of hydrogen-bond acceptors (Lipinski definition) is 5. The van der Waals surface area contributed by atoms with Crippen molar-refractivity contribution in [3.8, 4) is 0 Å². The minimum absolute atomic E-state index is 0.211. The Morgan fingerprint density at radius 3 is 2.48 bits per heavy atom. The van der Waals surface area contributed by atoms with Gasteiger partial charge in [-0.05, 0) is 18.6 Å². The van der Waals surface area contributed by atoms with Crippen LogP contribution in [0.1, 0.15) is 28.2 Å². The maximum atomic E-state index is 12.3. The van der Waals surface area contributed by atoms with Crippen LogP contribution in [0.3, 0.4) is 0 Å². The molecule has 0 aliphatic rings. The summed E-state index contributed by atoms with van der Waals surface area (Å²) in [4.78, 5) is 36.4. The van der Waals surface area contributed by atoms with Crippen LogP contribution in [0.15, 0.2) is 54.6 Å². The average Bonchev–Trinajstić information content (AvgIpc) is 3.08. The van der Waals surface area contributed by atoms with Crippen molar-refractivity contribution in [3.63, 3.8) is 0 Å². The lowest BCUT2D eigenvalue weighted by atomic mass is 10.1. The van der Waals surface area contributed by atoms with Crippen LogP contribution in [0.25, 0.3) is 10.1 Å². The van der Waals surface area contributed by atoms with E-state index in [9.17, 15) is 14.4 Å². The van der Waals surface area contributed by atoms with Crippen molar-refractivity contribution in [1.82, 2.24) is 10.6 Å². The van der Waals surface area contributed by atoms with Gasteiger partial charge in [0.15, 0.2) is 6.61 Å². The second kappa shape index (κ2) is 9.54. The SMILES string of the molecule is CC(NC(=O)COC(=O)CNC(=O)c1sc2ccccc2c1Cl)c1ccccc1. The summed E-state index contributed by atoms with van der Waals surface area (Å²) in [5.74, 6) is -1.60. The van der Waals surface area contributed by atoms with E-state index in [1.807, 2.05) is 61.5 Å². The maximum Gasteiger partial charge on any atom is 0.325 e. The molecule has 1 atom stereocenters. The van der Waals surface area contributed by atoms with Gasteiger partial charge in [0.2, 0.25) is 0 Å². The summed E-state index contributed by atoms with van der Waals surface area (Å²) in [5.41, 5.74) is 0.944. The molecule has 150 valence electrons. The summed E-state index contributed by atoms with van der Waals surface area (Å²) in [5, 5.41) is 6.36. The Kier molecular flexibility index (Phi) is 6.85. The molecule has 1 heterocycles. The van der Waals surface area contributed by atoms with Gasteiger partial charge in [0.05, 0.1) is 11.1 Å². The lowest BCUT2D eigenvalue weighted by molar-refractivity contribution is -0.147. The molecule has 0 saturated heterocycles. The van der Waals surface area contributed by atoms with Crippen LogP contribution in [-0.4, -0.2) is 30.9 Å². The molecule has 1 aromatic heterocycles. The quantitative estimate of drug-likeness (QED) is 0.560. The molecule has 0 fully saturated rings. The third-order valence-corrected chi connectivity index (χ3v) is 5.85. The van der Waals surface area contributed by atoms with E-state index >= 15 is 0 Å². The minimum Gasteiger partial charge on any atom is -0.454 e. The molecule has 0 radical (unpaired) electrons. The summed E-state index contributed by atoms with van der Waals surface area (Å²) in [6.45, 7) is 1.06. The van der Waals surface area contributed by atoms with Crippen molar-refractivity contribution in [3.05, 3.63) is 70.1 Å². The molecule has 6 nitrogen and oxygen atoms in total. The third kappa shape index (κ3) is 5.34. The Bertz CT molecular complexity index is 1040. The van der Waals surface area contributed by atoms with Crippen LogP contribution in [0.2, 0.25) is 5.02 Å². The molecule has 0 aliphatic heterocycles. The fraction of sp³-hybridized carbons (Fsp3) is 0.190. The van der Waals surface area contributed by atoms with Crippen LogP contribution in [0, 0.1) is 0 Å². The number of hydrogen-bond donors (Lipinski definition) is 2. The van der Waals surface area contributed by atoms with Gasteiger partial charge in [-0.3, -0.25) is 14.4 Å². The smallest absolute Gasteiger partial charge is 0.325 e. The molecular weight excluding hydrogens is 412 g/mol. The number of rotatable bonds is 7. The van der Waals surface area contributed by atoms with Crippen LogP contribution in [0.4, 0.5) is 0 Å². The van der Waals surface area contributed by atoms with Crippen LogP contribution < -0.4 is 10.6 Å². The fourth-order valence-corrected chi connectivity index (χ4v) is 4.13. The van der Waals surface area contributed by atoms with Gasteiger partial charge in [-0.2, -0.15) is 0 Å². The number of carbonyl (C=O) groups is 3. The van der Waals surface area contributed by atoms with Gasteiger partial charge in [0.1, 0.15) is 11.4 Å². The molecule has 3 rings (SSSR count). The highest BCUT2D eigenvalue weighted by Crippen LogP contribution is 2.34. The highest BCUT2D eigenvalue weighted by atomic mass is 35.5. The zero-order chi connectivity index (χ0) is 20.8. The summed E-state index contributed by atoms with van der Waals surface area (Å²) in [6, 6.07) is 16.6. The number of carbonyl (C=O) groups excluding carboxylic acids is 3. The van der Waals surface area contributed by atoms with Gasteiger partial charge in [-0.1, -0.05) is 60.1 Å². The zero-order valence-electron chi connectivity index (χ0n) is 15.6. The third-order valence-electron chi connectivity index (χ3n) is 4.18. The Balaban J connectivity index is 1.45. The van der Waals surface area contributed by atoms with Crippen molar-refractivity contribution in [2.45, 2.75) is 13.0 Å². The van der Waals surface area contributed by atoms with Crippen molar-refractivity contribution in [2.24, 2.45) is 0 Å². The van der Waals surface area contributed by atoms with Gasteiger partial charge in [-0.15, -0.1) is 11.3 Å². The molecule has 2 aromatic carbocycles. The number of nitrogens with one attached hydrogen (secondary N) is 2. The predicted octanol–water partition coefficient (Wildman–Crippen LogP) is 3.71. The number of fused-ring (bicyclic) bond motifs is 1. The summed E-state index contributed by atoms with van der Waals surface area (Å²) in [7, 11) is 0. The molecule has 2 N–H and O–H groups in total. The van der Waals surface area contributed by atoms with Gasteiger partial charge < -0.3 is 15.4 Å². The predicted molar refractivity (Wildman–Crippen MR) is 113 cm³/mol. The molecule has 8 heteroatoms. The highest BCUT2D eigenvalue weighted by molar-refractivity contribution is 7.21. The maximum absolute atomic E-state index is 12.3. The van der Waals surface area contributed by atoms with E-state index in [4.69, 9.17) is 16.3 Å². The normalized spacial score (nSPS) is 11.7. The van der Waals surface area contributed by atoms with Gasteiger partial charge in [0, 0.05) is 10.1 Å². The number of ether oxygens (including phenoxy) is 1. The van der Waals surface area contributed by atoms with Crippen LogP contribution in [-0.2, 0) is 14.3 Å². The molecule has 0 spiro atoms. The molecule has 1 unspecified atom stereocenters. The van der Waals surface area contributed by atoms with Crippen molar-refractivity contribution in [1.29, 1.82) is 0 Å². The first kappa shape index (κ1) is 20.8. The minimum atomic E-state index is -0.710.